The Morgan fingerprint density at radius 2 is 1.79 bits per heavy atom. The second kappa shape index (κ2) is 10.3. The van der Waals surface area contributed by atoms with Crippen molar-refractivity contribution >= 4 is 17.6 Å². The van der Waals surface area contributed by atoms with Crippen LogP contribution in [0.25, 0.3) is 0 Å². The van der Waals surface area contributed by atoms with E-state index in [2.05, 4.69) is 15.7 Å². The van der Waals surface area contributed by atoms with Gasteiger partial charge in [-0.25, -0.2) is 18.6 Å². The van der Waals surface area contributed by atoms with Gasteiger partial charge in [-0.3, -0.25) is 4.79 Å². The van der Waals surface area contributed by atoms with Gasteiger partial charge in [0.2, 0.25) is 0 Å². The number of amides is 3. The molecule has 0 unspecified atom stereocenters. The monoisotopic (exact) mass is 460 g/mol. The van der Waals surface area contributed by atoms with Gasteiger partial charge in [0.15, 0.2) is 11.5 Å². The highest BCUT2D eigenvalue weighted by Gasteiger charge is 2.28. The topological polar surface area (TPSA) is 92.3 Å². The number of hydrazone groups is 1. The van der Waals surface area contributed by atoms with Crippen molar-refractivity contribution in [2.24, 2.45) is 5.10 Å². The molecule has 2 N–H and O–H groups in total. The Labute approximate surface area is 190 Å². The highest BCUT2D eigenvalue weighted by Crippen LogP contribution is 2.34. The molecule has 2 aromatic rings. The van der Waals surface area contributed by atoms with Gasteiger partial charge in [0.25, 0.3) is 12.3 Å². The highest BCUT2D eigenvalue weighted by molar-refractivity contribution is 6.15. The molecular weight excluding hydrogens is 434 g/mol. The van der Waals surface area contributed by atoms with Crippen molar-refractivity contribution < 1.29 is 27.8 Å². The van der Waals surface area contributed by atoms with E-state index in [9.17, 15) is 18.4 Å². The summed E-state index contributed by atoms with van der Waals surface area (Å²) in [5.41, 5.74) is 3.03. The predicted octanol–water partition coefficient (Wildman–Crippen LogP) is 3.04. The molecule has 3 amide bonds. The lowest BCUT2D eigenvalue weighted by Gasteiger charge is -2.22. The van der Waals surface area contributed by atoms with E-state index < -0.39 is 18.9 Å². The van der Waals surface area contributed by atoms with E-state index in [1.54, 1.807) is 25.3 Å². The Morgan fingerprint density at radius 3 is 2.36 bits per heavy atom. The standard InChI is InChI=1S/C23H26F2N4O4/c1-13-9-16-10-18(32-3)19(33-4)11-17(16)21(28-29(13)23(31)26-2)14-5-7-15(8-6-14)22(30)27-12-20(24)25/h5-8,10-11,13,20H,9,12H2,1-4H3,(H,26,31)(H,27,30)/t13-/m1/s1. The fourth-order valence-electron chi connectivity index (χ4n) is 3.60. The first kappa shape index (κ1) is 24.0. The minimum atomic E-state index is -2.63. The zero-order valence-electron chi connectivity index (χ0n) is 18.8. The molecule has 1 heterocycles. The van der Waals surface area contributed by atoms with Crippen LogP contribution in [0.2, 0.25) is 0 Å². The summed E-state index contributed by atoms with van der Waals surface area (Å²) in [5.74, 6) is 0.465. The first-order valence-electron chi connectivity index (χ1n) is 10.3. The maximum Gasteiger partial charge on any atom is 0.337 e. The summed E-state index contributed by atoms with van der Waals surface area (Å²) in [6.07, 6.45) is -2.11. The third-order valence-electron chi connectivity index (χ3n) is 5.26. The number of halogens is 2. The smallest absolute Gasteiger partial charge is 0.337 e. The van der Waals surface area contributed by atoms with Gasteiger partial charge in [-0.05, 0) is 43.2 Å². The molecule has 0 aliphatic carbocycles. The molecule has 0 fully saturated rings. The van der Waals surface area contributed by atoms with Crippen LogP contribution in [0.4, 0.5) is 13.6 Å². The molecule has 33 heavy (non-hydrogen) atoms. The molecule has 1 aliphatic rings. The fourth-order valence-corrected chi connectivity index (χ4v) is 3.60. The average molecular weight is 460 g/mol. The molecule has 0 radical (unpaired) electrons. The normalized spacial score (nSPS) is 15.3. The van der Waals surface area contributed by atoms with Gasteiger partial charge in [-0.1, -0.05) is 12.1 Å². The number of ether oxygens (including phenoxy) is 2. The summed E-state index contributed by atoms with van der Waals surface area (Å²) in [6.45, 7) is 1.17. The molecule has 8 nitrogen and oxygen atoms in total. The zero-order valence-corrected chi connectivity index (χ0v) is 18.8. The number of carbonyl (C=O) groups excluding carboxylic acids is 2. The van der Waals surface area contributed by atoms with Gasteiger partial charge in [-0.2, -0.15) is 5.10 Å². The summed E-state index contributed by atoms with van der Waals surface area (Å²) >= 11 is 0. The first-order valence-corrected chi connectivity index (χ1v) is 10.3. The Balaban J connectivity index is 2.08. The highest BCUT2D eigenvalue weighted by atomic mass is 19.3. The number of methoxy groups -OCH3 is 2. The van der Waals surface area contributed by atoms with Crippen LogP contribution in [0.15, 0.2) is 41.5 Å². The zero-order chi connectivity index (χ0) is 24.1. The van der Waals surface area contributed by atoms with E-state index >= 15 is 0 Å². The Morgan fingerprint density at radius 1 is 1.15 bits per heavy atom. The Hall–Kier alpha value is -3.69. The molecule has 2 aromatic carbocycles. The molecule has 0 aromatic heterocycles. The van der Waals surface area contributed by atoms with E-state index in [1.807, 2.05) is 13.0 Å². The van der Waals surface area contributed by atoms with Crippen molar-refractivity contribution in [1.29, 1.82) is 0 Å². The summed E-state index contributed by atoms with van der Waals surface area (Å²) in [5, 5.41) is 10.8. The van der Waals surface area contributed by atoms with E-state index in [0.29, 0.717) is 29.2 Å². The first-order chi connectivity index (χ1) is 15.8. The number of benzene rings is 2. The minimum absolute atomic E-state index is 0.234. The van der Waals surface area contributed by atoms with E-state index in [-0.39, 0.29) is 17.6 Å². The molecule has 0 spiro atoms. The predicted molar refractivity (Wildman–Crippen MR) is 119 cm³/mol. The molecule has 0 bridgehead atoms. The molecular formula is C23H26F2N4O4. The summed E-state index contributed by atoms with van der Waals surface area (Å²) in [7, 11) is 4.61. The number of fused-ring (bicyclic) bond motifs is 1. The summed E-state index contributed by atoms with van der Waals surface area (Å²) < 4.78 is 35.7. The molecule has 1 atom stereocenters. The van der Waals surface area contributed by atoms with Crippen LogP contribution in [0.3, 0.4) is 0 Å². The number of hydrogen-bond donors (Lipinski definition) is 2. The number of nitrogens with zero attached hydrogens (tertiary/aromatic N) is 2. The van der Waals surface area contributed by atoms with Crippen molar-refractivity contribution in [3.63, 3.8) is 0 Å². The molecule has 0 saturated heterocycles. The summed E-state index contributed by atoms with van der Waals surface area (Å²) in [6, 6.07) is 9.42. The van der Waals surface area contributed by atoms with Crippen molar-refractivity contribution in [2.75, 3.05) is 27.8 Å². The average Bonchev–Trinajstić information content (AvgIpc) is 2.96. The van der Waals surface area contributed by atoms with Crippen molar-refractivity contribution in [3.05, 3.63) is 58.7 Å². The molecule has 10 heteroatoms. The van der Waals surface area contributed by atoms with E-state index in [1.165, 1.54) is 31.3 Å². The quantitative estimate of drug-likeness (QED) is 0.693. The second-order valence-corrected chi connectivity index (χ2v) is 7.44. The van der Waals surface area contributed by atoms with Crippen LogP contribution in [0, 0.1) is 0 Å². The molecule has 3 rings (SSSR count). The van der Waals surface area contributed by atoms with Gasteiger partial charge >= 0.3 is 6.03 Å². The molecule has 1 aliphatic heterocycles. The van der Waals surface area contributed by atoms with Crippen molar-refractivity contribution in [3.8, 4) is 11.5 Å². The lowest BCUT2D eigenvalue weighted by molar-refractivity contribution is 0.0891. The lowest BCUT2D eigenvalue weighted by atomic mass is 9.93. The number of urea groups is 1. The van der Waals surface area contributed by atoms with Gasteiger partial charge in [0.1, 0.15) is 0 Å². The maximum absolute atomic E-state index is 12.5. The van der Waals surface area contributed by atoms with Crippen molar-refractivity contribution in [2.45, 2.75) is 25.8 Å². The van der Waals surface area contributed by atoms with Crippen LogP contribution >= 0.6 is 0 Å². The maximum atomic E-state index is 12.5. The second-order valence-electron chi connectivity index (χ2n) is 7.44. The van der Waals surface area contributed by atoms with Crippen LogP contribution in [0.1, 0.15) is 34.0 Å². The van der Waals surface area contributed by atoms with Crippen LogP contribution in [0.5, 0.6) is 11.5 Å². The SMILES string of the molecule is CNC(=O)N1N=C(c2ccc(C(=O)NCC(F)F)cc2)c2cc(OC)c(OC)cc2C[C@H]1C. The molecule has 176 valence electrons. The van der Waals surface area contributed by atoms with Gasteiger partial charge in [0, 0.05) is 23.7 Å². The van der Waals surface area contributed by atoms with Gasteiger partial charge < -0.3 is 20.1 Å². The van der Waals surface area contributed by atoms with Gasteiger partial charge in [-0.15, -0.1) is 0 Å². The van der Waals surface area contributed by atoms with Gasteiger partial charge in [0.05, 0.1) is 32.5 Å². The Kier molecular flexibility index (Phi) is 7.47. The number of carbonyl (C=O) groups is 2. The molecule has 0 saturated carbocycles. The largest absolute Gasteiger partial charge is 0.493 e. The fraction of sp³-hybridized carbons (Fsp3) is 0.348. The number of hydrogen-bond acceptors (Lipinski definition) is 5. The van der Waals surface area contributed by atoms with Crippen LogP contribution < -0.4 is 20.1 Å². The van der Waals surface area contributed by atoms with E-state index in [4.69, 9.17) is 9.47 Å². The lowest BCUT2D eigenvalue weighted by Crippen LogP contribution is -2.41. The third-order valence-corrected chi connectivity index (χ3v) is 5.26. The Bertz CT molecular complexity index is 1060. The summed E-state index contributed by atoms with van der Waals surface area (Å²) in [4.78, 5) is 24.6. The number of nitrogens with one attached hydrogen (secondary N) is 2. The minimum Gasteiger partial charge on any atom is -0.493 e. The number of rotatable bonds is 6. The third kappa shape index (κ3) is 5.21. The van der Waals surface area contributed by atoms with Crippen molar-refractivity contribution in [1.82, 2.24) is 15.6 Å². The number of alkyl halides is 2. The van der Waals surface area contributed by atoms with E-state index in [0.717, 1.165) is 11.1 Å². The van der Waals surface area contributed by atoms with Crippen LogP contribution in [-0.4, -0.2) is 62.9 Å². The van der Waals surface area contributed by atoms with Crippen LogP contribution in [-0.2, 0) is 6.42 Å².